The molecule has 156 valence electrons. The van der Waals surface area contributed by atoms with Crippen molar-refractivity contribution in [3.05, 3.63) is 65.7 Å². The summed E-state index contributed by atoms with van der Waals surface area (Å²) in [6.07, 6.45) is 0. The minimum absolute atomic E-state index is 0.00675. The molecule has 0 aliphatic rings. The SMILES string of the molecule is COc1ccc(CN=C(NCC(=O)N(C)C)NC(C)C(C)c2ccccc2)cc1. The smallest absolute Gasteiger partial charge is 0.241 e. The number of carbonyl (C=O) groups is 1. The summed E-state index contributed by atoms with van der Waals surface area (Å²) in [5.74, 6) is 1.71. The van der Waals surface area contributed by atoms with E-state index in [2.05, 4.69) is 41.6 Å². The second-order valence-electron chi connectivity index (χ2n) is 7.29. The van der Waals surface area contributed by atoms with Gasteiger partial charge in [-0.3, -0.25) is 4.79 Å². The fourth-order valence-corrected chi connectivity index (χ4v) is 2.76. The molecule has 29 heavy (non-hydrogen) atoms. The highest BCUT2D eigenvalue weighted by Crippen LogP contribution is 2.18. The maximum absolute atomic E-state index is 12.0. The molecule has 6 heteroatoms. The third-order valence-electron chi connectivity index (χ3n) is 4.92. The first-order valence-corrected chi connectivity index (χ1v) is 9.83. The molecule has 2 N–H and O–H groups in total. The predicted octanol–water partition coefficient (Wildman–Crippen LogP) is 3.01. The van der Waals surface area contributed by atoms with E-state index in [9.17, 15) is 4.79 Å². The third kappa shape index (κ3) is 7.14. The maximum atomic E-state index is 12.0. The van der Waals surface area contributed by atoms with Gasteiger partial charge in [-0.15, -0.1) is 0 Å². The standard InChI is InChI=1S/C23H32N4O2/c1-17(20-9-7-6-8-10-20)18(2)26-23(25-16-22(28)27(3)4)24-15-19-11-13-21(29-5)14-12-19/h6-14,17-18H,15-16H2,1-5H3,(H2,24,25,26). The second-order valence-corrected chi connectivity index (χ2v) is 7.29. The zero-order valence-electron chi connectivity index (χ0n) is 18.0. The van der Waals surface area contributed by atoms with E-state index in [4.69, 9.17) is 4.74 Å². The van der Waals surface area contributed by atoms with Gasteiger partial charge < -0.3 is 20.3 Å². The van der Waals surface area contributed by atoms with Crippen LogP contribution in [0, 0.1) is 0 Å². The molecule has 2 atom stereocenters. The van der Waals surface area contributed by atoms with Crippen LogP contribution in [0.5, 0.6) is 5.75 Å². The third-order valence-corrected chi connectivity index (χ3v) is 4.92. The summed E-state index contributed by atoms with van der Waals surface area (Å²) < 4.78 is 5.20. The number of guanidine groups is 1. The van der Waals surface area contributed by atoms with Crippen LogP contribution in [0.4, 0.5) is 0 Å². The van der Waals surface area contributed by atoms with Crippen molar-refractivity contribution in [2.75, 3.05) is 27.7 Å². The largest absolute Gasteiger partial charge is 0.497 e. The van der Waals surface area contributed by atoms with Crippen LogP contribution in [0.2, 0.25) is 0 Å². The van der Waals surface area contributed by atoms with E-state index in [0.717, 1.165) is 11.3 Å². The monoisotopic (exact) mass is 396 g/mol. The molecule has 0 bridgehead atoms. The molecule has 2 aromatic carbocycles. The van der Waals surface area contributed by atoms with Gasteiger partial charge in [0.25, 0.3) is 0 Å². The van der Waals surface area contributed by atoms with Gasteiger partial charge in [0.15, 0.2) is 5.96 Å². The highest BCUT2D eigenvalue weighted by molar-refractivity contribution is 5.86. The molecular weight excluding hydrogens is 364 g/mol. The van der Waals surface area contributed by atoms with Crippen molar-refractivity contribution in [1.29, 1.82) is 0 Å². The molecule has 2 unspecified atom stereocenters. The molecule has 6 nitrogen and oxygen atoms in total. The van der Waals surface area contributed by atoms with Crippen LogP contribution < -0.4 is 15.4 Å². The Hall–Kier alpha value is -3.02. The highest BCUT2D eigenvalue weighted by atomic mass is 16.5. The van der Waals surface area contributed by atoms with Crippen molar-refractivity contribution in [2.45, 2.75) is 32.4 Å². The molecular formula is C23H32N4O2. The number of carbonyl (C=O) groups excluding carboxylic acids is 1. The van der Waals surface area contributed by atoms with Gasteiger partial charge in [0.05, 0.1) is 20.2 Å². The number of nitrogens with one attached hydrogen (secondary N) is 2. The Morgan fingerprint density at radius 1 is 1.07 bits per heavy atom. The van der Waals surface area contributed by atoms with E-state index >= 15 is 0 Å². The summed E-state index contributed by atoms with van der Waals surface area (Å²) in [4.78, 5) is 18.2. The molecule has 0 aliphatic heterocycles. The van der Waals surface area contributed by atoms with Gasteiger partial charge in [-0.05, 0) is 30.2 Å². The summed E-state index contributed by atoms with van der Waals surface area (Å²) in [5, 5.41) is 6.60. The minimum Gasteiger partial charge on any atom is -0.497 e. The summed E-state index contributed by atoms with van der Waals surface area (Å²) in [5.41, 5.74) is 2.32. The molecule has 0 aliphatic carbocycles. The van der Waals surface area contributed by atoms with E-state index < -0.39 is 0 Å². The van der Waals surface area contributed by atoms with E-state index in [0.29, 0.717) is 12.5 Å². The van der Waals surface area contributed by atoms with Crippen LogP contribution in [-0.2, 0) is 11.3 Å². The van der Waals surface area contributed by atoms with Crippen LogP contribution >= 0.6 is 0 Å². The van der Waals surface area contributed by atoms with Crippen molar-refractivity contribution in [1.82, 2.24) is 15.5 Å². The zero-order chi connectivity index (χ0) is 21.2. The Morgan fingerprint density at radius 2 is 1.72 bits per heavy atom. The first-order valence-electron chi connectivity index (χ1n) is 9.83. The van der Waals surface area contributed by atoms with Crippen LogP contribution in [-0.4, -0.2) is 50.6 Å². The minimum atomic E-state index is -0.00675. The number of rotatable bonds is 8. The quantitative estimate of drug-likeness (QED) is 0.532. The molecule has 0 saturated carbocycles. The van der Waals surface area contributed by atoms with E-state index in [1.54, 1.807) is 26.1 Å². The number of amides is 1. The second kappa shape index (κ2) is 11.1. The molecule has 0 saturated heterocycles. The molecule has 0 heterocycles. The number of hydrogen-bond acceptors (Lipinski definition) is 3. The van der Waals surface area contributed by atoms with Crippen molar-refractivity contribution in [2.24, 2.45) is 4.99 Å². The Balaban J connectivity index is 2.09. The fraction of sp³-hybridized carbons (Fsp3) is 0.391. The Morgan fingerprint density at radius 3 is 2.31 bits per heavy atom. The van der Waals surface area contributed by atoms with Crippen LogP contribution in [0.15, 0.2) is 59.6 Å². The van der Waals surface area contributed by atoms with Gasteiger partial charge in [0.1, 0.15) is 5.75 Å². The molecule has 0 fully saturated rings. The van der Waals surface area contributed by atoms with Crippen LogP contribution in [0.25, 0.3) is 0 Å². The van der Waals surface area contributed by atoms with Crippen molar-refractivity contribution in [3.63, 3.8) is 0 Å². The normalized spacial score (nSPS) is 13.3. The average molecular weight is 397 g/mol. The van der Waals surface area contributed by atoms with Gasteiger partial charge >= 0.3 is 0 Å². The zero-order valence-corrected chi connectivity index (χ0v) is 18.0. The van der Waals surface area contributed by atoms with Gasteiger partial charge in [-0.1, -0.05) is 49.4 Å². The van der Waals surface area contributed by atoms with Gasteiger partial charge in [0, 0.05) is 26.1 Å². The number of nitrogens with zero attached hydrogens (tertiary/aromatic N) is 2. The predicted molar refractivity (Wildman–Crippen MR) is 118 cm³/mol. The van der Waals surface area contributed by atoms with Crippen molar-refractivity contribution >= 4 is 11.9 Å². The average Bonchev–Trinajstić information content (AvgIpc) is 2.75. The molecule has 0 aromatic heterocycles. The van der Waals surface area contributed by atoms with E-state index in [-0.39, 0.29) is 24.4 Å². The molecule has 0 radical (unpaired) electrons. The number of benzene rings is 2. The lowest BCUT2D eigenvalue weighted by Gasteiger charge is -2.24. The summed E-state index contributed by atoms with van der Waals surface area (Å²) in [7, 11) is 5.13. The van der Waals surface area contributed by atoms with Crippen molar-refractivity contribution in [3.8, 4) is 5.75 Å². The lowest BCUT2D eigenvalue weighted by molar-refractivity contribution is -0.127. The summed E-state index contributed by atoms with van der Waals surface area (Å²) in [6, 6.07) is 18.3. The van der Waals surface area contributed by atoms with Crippen molar-refractivity contribution < 1.29 is 9.53 Å². The van der Waals surface area contributed by atoms with Gasteiger partial charge in [-0.2, -0.15) is 0 Å². The first-order chi connectivity index (χ1) is 13.9. The van der Waals surface area contributed by atoms with E-state index in [1.165, 1.54) is 5.56 Å². The summed E-state index contributed by atoms with van der Waals surface area (Å²) >= 11 is 0. The number of aliphatic imine (C=N–C) groups is 1. The molecule has 0 spiro atoms. The lowest BCUT2D eigenvalue weighted by atomic mass is 9.94. The number of likely N-dealkylation sites (N-methyl/N-ethyl adjacent to an activating group) is 1. The Kier molecular flexibility index (Phi) is 8.52. The number of ether oxygens (including phenoxy) is 1. The fourth-order valence-electron chi connectivity index (χ4n) is 2.76. The van der Waals surface area contributed by atoms with Crippen LogP contribution in [0.1, 0.15) is 30.9 Å². The molecule has 2 aromatic rings. The topological polar surface area (TPSA) is 66.0 Å². The lowest BCUT2D eigenvalue weighted by Crippen LogP contribution is -2.47. The molecule has 2 rings (SSSR count). The van der Waals surface area contributed by atoms with Gasteiger partial charge in [-0.25, -0.2) is 4.99 Å². The van der Waals surface area contributed by atoms with Crippen LogP contribution in [0.3, 0.4) is 0 Å². The number of methoxy groups -OCH3 is 1. The Labute approximate surface area is 174 Å². The highest BCUT2D eigenvalue weighted by Gasteiger charge is 2.16. The number of hydrogen-bond donors (Lipinski definition) is 2. The first kappa shape index (κ1) is 22.3. The summed E-state index contributed by atoms with van der Waals surface area (Å²) in [6.45, 7) is 4.99. The maximum Gasteiger partial charge on any atom is 0.241 e. The Bertz CT molecular complexity index is 788. The molecule has 1 amide bonds. The van der Waals surface area contributed by atoms with E-state index in [1.807, 2.05) is 42.5 Å². The van der Waals surface area contributed by atoms with Gasteiger partial charge in [0.2, 0.25) is 5.91 Å².